The molecule has 3 aromatic rings. The molecule has 1 amide bonds. The van der Waals surface area contributed by atoms with Crippen LogP contribution < -0.4 is 4.74 Å². The van der Waals surface area contributed by atoms with Crippen LogP contribution in [0.25, 0.3) is 10.6 Å². The summed E-state index contributed by atoms with van der Waals surface area (Å²) < 4.78 is 5.16. The lowest BCUT2D eigenvalue weighted by Crippen LogP contribution is -2.26. The number of benzene rings is 2. The molecule has 0 saturated heterocycles. The van der Waals surface area contributed by atoms with Gasteiger partial charge in [0.25, 0.3) is 5.91 Å². The van der Waals surface area contributed by atoms with E-state index in [9.17, 15) is 4.79 Å². The Morgan fingerprint density at radius 1 is 1.24 bits per heavy atom. The number of hydrogen-bond acceptors (Lipinski definition) is 4. The van der Waals surface area contributed by atoms with E-state index < -0.39 is 0 Å². The molecule has 0 aliphatic heterocycles. The summed E-state index contributed by atoms with van der Waals surface area (Å²) in [6.45, 7) is 0.538. The third kappa shape index (κ3) is 4.00. The van der Waals surface area contributed by atoms with Gasteiger partial charge in [-0.3, -0.25) is 4.79 Å². The van der Waals surface area contributed by atoms with Crippen LogP contribution in [0.15, 0.2) is 53.9 Å². The minimum atomic E-state index is -0.115. The molecule has 2 aromatic carbocycles. The number of thiazole rings is 1. The Kier molecular flexibility index (Phi) is 5.36. The zero-order valence-electron chi connectivity index (χ0n) is 13.9. The van der Waals surface area contributed by atoms with Crippen LogP contribution in [-0.4, -0.2) is 29.9 Å². The first-order chi connectivity index (χ1) is 12.1. The quantitative estimate of drug-likeness (QED) is 0.649. The van der Waals surface area contributed by atoms with Gasteiger partial charge in [-0.05, 0) is 23.8 Å². The topological polar surface area (TPSA) is 42.4 Å². The van der Waals surface area contributed by atoms with Gasteiger partial charge in [-0.2, -0.15) is 0 Å². The minimum Gasteiger partial charge on any atom is -0.497 e. The number of rotatable bonds is 5. The zero-order valence-corrected chi connectivity index (χ0v) is 15.5. The summed E-state index contributed by atoms with van der Waals surface area (Å²) in [6, 6.07) is 15.3. The highest BCUT2D eigenvalue weighted by Crippen LogP contribution is 2.33. The molecule has 0 bridgehead atoms. The first-order valence-corrected chi connectivity index (χ1v) is 8.93. The van der Waals surface area contributed by atoms with Crippen LogP contribution >= 0.6 is 22.9 Å². The van der Waals surface area contributed by atoms with Gasteiger partial charge in [0.05, 0.1) is 12.1 Å². The maximum absolute atomic E-state index is 12.6. The van der Waals surface area contributed by atoms with Gasteiger partial charge in [-0.1, -0.05) is 41.9 Å². The average Bonchev–Trinajstić information content (AvgIpc) is 3.11. The number of amides is 1. The predicted octanol–water partition coefficient (Wildman–Crippen LogP) is 4.74. The molecule has 1 heterocycles. The van der Waals surface area contributed by atoms with Crippen molar-refractivity contribution in [2.24, 2.45) is 0 Å². The molecule has 25 heavy (non-hydrogen) atoms. The SMILES string of the molecule is COc1ccc(-c2nc(C(=O)N(C)Cc3ccccc3)cs2)c(Cl)c1. The number of ether oxygens (including phenoxy) is 1. The number of methoxy groups -OCH3 is 1. The monoisotopic (exact) mass is 372 g/mol. The maximum Gasteiger partial charge on any atom is 0.273 e. The second kappa shape index (κ2) is 7.68. The number of hydrogen-bond donors (Lipinski definition) is 0. The summed E-state index contributed by atoms with van der Waals surface area (Å²) in [4.78, 5) is 18.7. The highest BCUT2D eigenvalue weighted by molar-refractivity contribution is 7.13. The number of halogens is 1. The summed E-state index contributed by atoms with van der Waals surface area (Å²) >= 11 is 7.69. The standard InChI is InChI=1S/C19H17ClN2O2S/c1-22(11-13-6-4-3-5-7-13)19(23)17-12-25-18(21-17)15-9-8-14(24-2)10-16(15)20/h3-10,12H,11H2,1-2H3. The van der Waals surface area contributed by atoms with Crippen LogP contribution in [0.3, 0.4) is 0 Å². The predicted molar refractivity (Wildman–Crippen MR) is 101 cm³/mol. The lowest BCUT2D eigenvalue weighted by atomic mass is 10.2. The normalized spacial score (nSPS) is 10.5. The molecule has 4 nitrogen and oxygen atoms in total. The highest BCUT2D eigenvalue weighted by atomic mass is 35.5. The highest BCUT2D eigenvalue weighted by Gasteiger charge is 2.17. The van der Waals surface area contributed by atoms with Gasteiger partial charge in [0.2, 0.25) is 0 Å². The van der Waals surface area contributed by atoms with Crippen molar-refractivity contribution in [3.63, 3.8) is 0 Å². The molecule has 3 rings (SSSR count). The van der Waals surface area contributed by atoms with E-state index in [0.717, 1.165) is 11.1 Å². The Morgan fingerprint density at radius 2 is 2.00 bits per heavy atom. The van der Waals surface area contributed by atoms with E-state index in [-0.39, 0.29) is 5.91 Å². The fourth-order valence-electron chi connectivity index (χ4n) is 2.42. The lowest BCUT2D eigenvalue weighted by Gasteiger charge is -2.15. The average molecular weight is 373 g/mol. The van der Waals surface area contributed by atoms with E-state index in [1.54, 1.807) is 30.5 Å². The molecule has 0 fully saturated rings. The van der Waals surface area contributed by atoms with Crippen molar-refractivity contribution in [3.8, 4) is 16.3 Å². The van der Waals surface area contributed by atoms with Crippen molar-refractivity contribution in [2.45, 2.75) is 6.54 Å². The number of carbonyl (C=O) groups is 1. The van der Waals surface area contributed by atoms with Gasteiger partial charge in [0.15, 0.2) is 0 Å². The van der Waals surface area contributed by atoms with Crippen molar-refractivity contribution in [1.82, 2.24) is 9.88 Å². The number of carbonyl (C=O) groups excluding carboxylic acids is 1. The van der Waals surface area contributed by atoms with Crippen LogP contribution in [-0.2, 0) is 6.54 Å². The van der Waals surface area contributed by atoms with Crippen LogP contribution in [0, 0.1) is 0 Å². The molecule has 0 spiro atoms. The Bertz CT molecular complexity index is 880. The van der Waals surface area contributed by atoms with E-state index in [1.165, 1.54) is 11.3 Å². The molecule has 0 aliphatic carbocycles. The van der Waals surface area contributed by atoms with Gasteiger partial charge in [0.1, 0.15) is 16.5 Å². The van der Waals surface area contributed by atoms with E-state index >= 15 is 0 Å². The van der Waals surface area contributed by atoms with Crippen molar-refractivity contribution in [3.05, 3.63) is 70.2 Å². The van der Waals surface area contributed by atoms with Crippen molar-refractivity contribution in [1.29, 1.82) is 0 Å². The molecular formula is C19H17ClN2O2S. The van der Waals surface area contributed by atoms with E-state index in [1.807, 2.05) is 42.5 Å². The van der Waals surface area contributed by atoms with E-state index in [2.05, 4.69) is 4.98 Å². The van der Waals surface area contributed by atoms with Gasteiger partial charge in [-0.15, -0.1) is 11.3 Å². The molecule has 0 saturated carbocycles. The second-order valence-electron chi connectivity index (χ2n) is 5.53. The summed E-state index contributed by atoms with van der Waals surface area (Å²) in [5, 5.41) is 3.02. The van der Waals surface area contributed by atoms with E-state index in [4.69, 9.17) is 16.3 Å². The largest absolute Gasteiger partial charge is 0.497 e. The Hall–Kier alpha value is -2.37. The molecule has 1 aromatic heterocycles. The molecule has 128 valence electrons. The molecule has 0 N–H and O–H groups in total. The molecule has 0 aliphatic rings. The first kappa shape index (κ1) is 17.5. The summed E-state index contributed by atoms with van der Waals surface area (Å²) in [6.07, 6.45) is 0. The Labute approximate surface area is 155 Å². The van der Waals surface area contributed by atoms with Gasteiger partial charge in [-0.25, -0.2) is 4.98 Å². The van der Waals surface area contributed by atoms with Crippen LogP contribution in [0.5, 0.6) is 5.75 Å². The van der Waals surface area contributed by atoms with E-state index in [0.29, 0.717) is 28.0 Å². The van der Waals surface area contributed by atoms with Gasteiger partial charge in [0, 0.05) is 24.5 Å². The third-order valence-electron chi connectivity index (χ3n) is 3.74. The second-order valence-corrected chi connectivity index (χ2v) is 6.80. The Morgan fingerprint density at radius 3 is 2.68 bits per heavy atom. The zero-order chi connectivity index (χ0) is 17.8. The molecular weight excluding hydrogens is 356 g/mol. The van der Waals surface area contributed by atoms with Crippen LogP contribution in [0.2, 0.25) is 5.02 Å². The van der Waals surface area contributed by atoms with Crippen LogP contribution in [0.4, 0.5) is 0 Å². The smallest absolute Gasteiger partial charge is 0.273 e. The molecule has 0 unspecified atom stereocenters. The molecule has 0 radical (unpaired) electrons. The summed E-state index contributed by atoms with van der Waals surface area (Å²) in [5.74, 6) is 0.570. The third-order valence-corrected chi connectivity index (χ3v) is 4.93. The molecule has 0 atom stereocenters. The summed E-state index contributed by atoms with van der Waals surface area (Å²) in [7, 11) is 3.36. The van der Waals surface area contributed by atoms with Crippen molar-refractivity contribution in [2.75, 3.05) is 14.2 Å². The lowest BCUT2D eigenvalue weighted by molar-refractivity contribution is 0.0780. The Balaban J connectivity index is 1.77. The van der Waals surface area contributed by atoms with Crippen molar-refractivity contribution < 1.29 is 9.53 Å². The fraction of sp³-hybridized carbons (Fsp3) is 0.158. The van der Waals surface area contributed by atoms with Crippen LogP contribution in [0.1, 0.15) is 16.1 Å². The number of nitrogens with zero attached hydrogens (tertiary/aromatic N) is 2. The molecule has 6 heteroatoms. The van der Waals surface area contributed by atoms with Gasteiger partial charge >= 0.3 is 0 Å². The van der Waals surface area contributed by atoms with Crippen molar-refractivity contribution >= 4 is 28.8 Å². The first-order valence-electron chi connectivity index (χ1n) is 7.67. The maximum atomic E-state index is 12.6. The number of aromatic nitrogens is 1. The van der Waals surface area contributed by atoms with Gasteiger partial charge < -0.3 is 9.64 Å². The summed E-state index contributed by atoms with van der Waals surface area (Å²) in [5.41, 5.74) is 2.29. The minimum absolute atomic E-state index is 0.115. The fourth-order valence-corrected chi connectivity index (χ4v) is 3.57.